The summed E-state index contributed by atoms with van der Waals surface area (Å²) in [7, 11) is 0. The van der Waals surface area contributed by atoms with Crippen LogP contribution in [0.1, 0.15) is 26.3 Å². The molecule has 0 aliphatic rings. The Kier molecular flexibility index (Phi) is 8.52. The van der Waals surface area contributed by atoms with Crippen LogP contribution in [-0.2, 0) is 20.9 Å². The molecule has 0 bridgehead atoms. The highest BCUT2D eigenvalue weighted by Crippen LogP contribution is 2.31. The van der Waals surface area contributed by atoms with Gasteiger partial charge in [-0.3, -0.25) is 14.3 Å². The minimum atomic E-state index is -0.911. The standard InChI is InChI=1S/C31H26N2O7S/c1-20-12-14-21(15-13-20)25-18-41-27-26(25)33(31(37)32-28(27)34)19-40-24(16-38-29(35)22-8-4-2-5-9-22)17-39-30(36)23-10-6-3-7-11-23/h2-15,18,24H,16-17,19H2,1H3,(H,32,34,37). The highest BCUT2D eigenvalue weighted by Gasteiger charge is 2.20. The van der Waals surface area contributed by atoms with Crippen molar-refractivity contribution in [1.82, 2.24) is 9.55 Å². The molecule has 5 rings (SSSR count). The van der Waals surface area contributed by atoms with Crippen LogP contribution in [0.15, 0.2) is 99.9 Å². The summed E-state index contributed by atoms with van der Waals surface area (Å²) in [5.74, 6) is -1.15. The van der Waals surface area contributed by atoms with E-state index in [9.17, 15) is 19.2 Å². The molecule has 208 valence electrons. The van der Waals surface area contributed by atoms with Gasteiger partial charge in [-0.25, -0.2) is 14.4 Å². The number of rotatable bonds is 10. The number of nitrogens with zero attached hydrogens (tertiary/aromatic N) is 1. The van der Waals surface area contributed by atoms with E-state index in [1.807, 2.05) is 36.6 Å². The van der Waals surface area contributed by atoms with Crippen molar-refractivity contribution >= 4 is 33.5 Å². The summed E-state index contributed by atoms with van der Waals surface area (Å²) in [5, 5.41) is 1.82. The molecule has 0 aliphatic carbocycles. The number of ether oxygens (including phenoxy) is 3. The number of aromatic amines is 1. The molecule has 41 heavy (non-hydrogen) atoms. The Morgan fingerprint density at radius 1 is 0.829 bits per heavy atom. The van der Waals surface area contributed by atoms with E-state index in [4.69, 9.17) is 14.2 Å². The molecule has 2 aromatic heterocycles. The van der Waals surface area contributed by atoms with Crippen molar-refractivity contribution < 1.29 is 23.8 Å². The fourth-order valence-electron chi connectivity index (χ4n) is 4.14. The fourth-order valence-corrected chi connectivity index (χ4v) is 5.11. The summed E-state index contributed by atoms with van der Waals surface area (Å²) < 4.78 is 18.6. The fraction of sp³-hybridized carbons (Fsp3) is 0.161. The molecule has 0 radical (unpaired) electrons. The number of nitrogens with one attached hydrogen (secondary N) is 1. The van der Waals surface area contributed by atoms with Crippen molar-refractivity contribution in [2.45, 2.75) is 19.8 Å². The largest absolute Gasteiger partial charge is 0.459 e. The average molecular weight is 571 g/mol. The Morgan fingerprint density at radius 2 is 1.39 bits per heavy atom. The van der Waals surface area contributed by atoms with Gasteiger partial charge in [0.2, 0.25) is 0 Å². The first-order valence-electron chi connectivity index (χ1n) is 12.8. The molecule has 9 nitrogen and oxygen atoms in total. The number of benzene rings is 3. The predicted octanol–water partition coefficient (Wildman–Crippen LogP) is 4.78. The second-order valence-electron chi connectivity index (χ2n) is 9.23. The predicted molar refractivity (Wildman–Crippen MR) is 155 cm³/mol. The monoisotopic (exact) mass is 570 g/mol. The van der Waals surface area contributed by atoms with Crippen molar-refractivity contribution in [3.8, 4) is 11.1 Å². The van der Waals surface area contributed by atoms with E-state index in [0.29, 0.717) is 26.9 Å². The zero-order valence-corrected chi connectivity index (χ0v) is 22.9. The first-order chi connectivity index (χ1) is 19.9. The number of carbonyl (C=O) groups excluding carboxylic acids is 2. The number of aryl methyl sites for hydroxylation is 1. The van der Waals surface area contributed by atoms with Crippen LogP contribution in [0.4, 0.5) is 0 Å². The summed E-state index contributed by atoms with van der Waals surface area (Å²) >= 11 is 1.22. The second kappa shape index (κ2) is 12.6. The van der Waals surface area contributed by atoms with Crippen LogP contribution in [0.5, 0.6) is 0 Å². The maximum Gasteiger partial charge on any atom is 0.338 e. The van der Waals surface area contributed by atoms with E-state index in [0.717, 1.165) is 11.1 Å². The lowest BCUT2D eigenvalue weighted by molar-refractivity contribution is -0.0624. The van der Waals surface area contributed by atoms with Crippen molar-refractivity contribution in [3.05, 3.63) is 128 Å². The van der Waals surface area contributed by atoms with Crippen LogP contribution in [0.3, 0.4) is 0 Å². The van der Waals surface area contributed by atoms with Gasteiger partial charge < -0.3 is 14.2 Å². The van der Waals surface area contributed by atoms with Gasteiger partial charge in [-0.15, -0.1) is 11.3 Å². The van der Waals surface area contributed by atoms with Gasteiger partial charge in [-0.05, 0) is 36.8 Å². The summed E-state index contributed by atoms with van der Waals surface area (Å²) in [4.78, 5) is 53.0. The van der Waals surface area contributed by atoms with Crippen LogP contribution in [-0.4, -0.2) is 40.8 Å². The number of aromatic nitrogens is 2. The molecular weight excluding hydrogens is 544 g/mol. The highest BCUT2D eigenvalue weighted by molar-refractivity contribution is 7.17. The van der Waals surface area contributed by atoms with Crippen molar-refractivity contribution in [2.75, 3.05) is 13.2 Å². The number of hydrogen-bond acceptors (Lipinski definition) is 8. The molecule has 0 saturated heterocycles. The molecule has 0 spiro atoms. The van der Waals surface area contributed by atoms with Gasteiger partial charge >= 0.3 is 17.6 Å². The number of esters is 2. The Balaban J connectivity index is 1.40. The van der Waals surface area contributed by atoms with Gasteiger partial charge in [0.15, 0.2) is 0 Å². The molecule has 0 aliphatic heterocycles. The van der Waals surface area contributed by atoms with Gasteiger partial charge in [0.05, 0.1) is 16.6 Å². The summed E-state index contributed by atoms with van der Waals surface area (Å²) in [6, 6.07) is 24.6. The highest BCUT2D eigenvalue weighted by atomic mass is 32.1. The molecule has 0 fully saturated rings. The van der Waals surface area contributed by atoms with E-state index >= 15 is 0 Å². The lowest BCUT2D eigenvalue weighted by Crippen LogP contribution is -2.34. The third-order valence-electron chi connectivity index (χ3n) is 6.33. The number of carbonyl (C=O) groups is 2. The van der Waals surface area contributed by atoms with E-state index in [1.165, 1.54) is 15.9 Å². The SMILES string of the molecule is Cc1ccc(-c2csc3c(=O)[nH]c(=O)n(COC(COC(=O)c4ccccc4)COC(=O)c4ccccc4)c23)cc1. The summed E-state index contributed by atoms with van der Waals surface area (Å²) in [6.07, 6.45) is -0.911. The average Bonchev–Trinajstić information content (AvgIpc) is 3.44. The van der Waals surface area contributed by atoms with Crippen LogP contribution < -0.4 is 11.2 Å². The normalized spacial score (nSPS) is 11.1. The summed E-state index contributed by atoms with van der Waals surface area (Å²) in [6.45, 7) is 1.19. The lowest BCUT2D eigenvalue weighted by Gasteiger charge is -2.19. The molecule has 0 atom stereocenters. The molecular formula is C31H26N2O7S. The minimum absolute atomic E-state index is 0.245. The topological polar surface area (TPSA) is 117 Å². The van der Waals surface area contributed by atoms with E-state index in [-0.39, 0.29) is 19.9 Å². The molecule has 0 unspecified atom stereocenters. The van der Waals surface area contributed by atoms with Crippen molar-refractivity contribution in [1.29, 1.82) is 0 Å². The van der Waals surface area contributed by atoms with E-state index in [1.54, 1.807) is 60.7 Å². The van der Waals surface area contributed by atoms with Crippen LogP contribution >= 0.6 is 11.3 Å². The van der Waals surface area contributed by atoms with Gasteiger partial charge in [0.25, 0.3) is 5.56 Å². The first-order valence-corrected chi connectivity index (χ1v) is 13.7. The number of thiophene rings is 1. The molecule has 0 amide bonds. The number of H-pyrrole nitrogens is 1. The van der Waals surface area contributed by atoms with Crippen LogP contribution in [0.2, 0.25) is 0 Å². The van der Waals surface area contributed by atoms with Crippen LogP contribution in [0, 0.1) is 6.92 Å². The van der Waals surface area contributed by atoms with Crippen molar-refractivity contribution in [3.63, 3.8) is 0 Å². The van der Waals surface area contributed by atoms with Crippen LogP contribution in [0.25, 0.3) is 21.3 Å². The zero-order valence-electron chi connectivity index (χ0n) is 22.1. The Hall–Kier alpha value is -4.80. The van der Waals surface area contributed by atoms with Gasteiger partial charge in [-0.1, -0.05) is 66.2 Å². The lowest BCUT2D eigenvalue weighted by atomic mass is 10.1. The van der Waals surface area contributed by atoms with E-state index in [2.05, 4.69) is 4.98 Å². The number of fused-ring (bicyclic) bond motifs is 1. The van der Waals surface area contributed by atoms with Gasteiger partial charge in [0, 0.05) is 10.9 Å². The molecule has 3 aromatic carbocycles. The maximum atomic E-state index is 13.0. The molecule has 0 saturated carbocycles. The third-order valence-corrected chi connectivity index (χ3v) is 7.30. The Morgan fingerprint density at radius 3 is 1.95 bits per heavy atom. The molecule has 1 N–H and O–H groups in total. The Labute approximate surface area is 238 Å². The number of hydrogen-bond donors (Lipinski definition) is 1. The Bertz CT molecular complexity index is 1720. The van der Waals surface area contributed by atoms with Gasteiger partial charge in [0.1, 0.15) is 30.7 Å². The van der Waals surface area contributed by atoms with Gasteiger partial charge in [-0.2, -0.15) is 0 Å². The second-order valence-corrected chi connectivity index (χ2v) is 10.1. The van der Waals surface area contributed by atoms with E-state index < -0.39 is 29.3 Å². The quantitative estimate of drug-likeness (QED) is 0.240. The van der Waals surface area contributed by atoms with Crippen molar-refractivity contribution in [2.24, 2.45) is 0 Å². The molecule has 10 heteroatoms. The smallest absolute Gasteiger partial charge is 0.338 e. The minimum Gasteiger partial charge on any atom is -0.459 e. The molecule has 2 heterocycles. The third kappa shape index (κ3) is 6.51. The zero-order chi connectivity index (χ0) is 28.8. The first kappa shape index (κ1) is 27.8. The maximum absolute atomic E-state index is 13.0. The summed E-state index contributed by atoms with van der Waals surface area (Å²) in [5.41, 5.74) is 2.60. The molecule has 5 aromatic rings.